The van der Waals surface area contributed by atoms with Gasteiger partial charge in [0.15, 0.2) is 5.78 Å². The Kier molecular flexibility index (Phi) is 4.34. The molecule has 1 heterocycles. The molecule has 1 aliphatic carbocycles. The van der Waals surface area contributed by atoms with Crippen molar-refractivity contribution >= 4 is 27.8 Å². The molecule has 0 amide bonds. The number of rotatable bonds is 5. The maximum Gasteiger partial charge on any atom is 0.177 e. The quantitative estimate of drug-likeness (QED) is 0.845. The first-order chi connectivity index (χ1) is 9.45. The van der Waals surface area contributed by atoms with Gasteiger partial charge in [-0.3, -0.25) is 4.79 Å². The van der Waals surface area contributed by atoms with Crippen LogP contribution in [0, 0.1) is 23.2 Å². The fraction of sp³-hybridized carbons (Fsp3) is 0.600. The van der Waals surface area contributed by atoms with Crippen molar-refractivity contribution in [3.8, 4) is 6.07 Å². The largest absolute Gasteiger partial charge is 0.396 e. The van der Waals surface area contributed by atoms with Crippen molar-refractivity contribution in [1.82, 2.24) is 0 Å². The number of nitrogen functional groups attached to an aromatic ring is 1. The SMILES string of the molecule is CC(C)C(=O)c1sc(N(C)CC2CCC2)c(C#N)c1N. The molecular formula is C15H21N3OS. The molecule has 1 aliphatic rings. The highest BCUT2D eigenvalue weighted by Gasteiger charge is 2.26. The van der Waals surface area contributed by atoms with Crippen LogP contribution in [0.25, 0.3) is 0 Å². The van der Waals surface area contributed by atoms with Gasteiger partial charge in [0.05, 0.1) is 10.6 Å². The van der Waals surface area contributed by atoms with Gasteiger partial charge >= 0.3 is 0 Å². The van der Waals surface area contributed by atoms with Gasteiger partial charge in [-0.1, -0.05) is 20.3 Å². The highest BCUT2D eigenvalue weighted by molar-refractivity contribution is 7.19. The summed E-state index contributed by atoms with van der Waals surface area (Å²) in [4.78, 5) is 14.8. The Labute approximate surface area is 124 Å². The van der Waals surface area contributed by atoms with E-state index in [0.717, 1.165) is 11.5 Å². The van der Waals surface area contributed by atoms with Crippen LogP contribution >= 0.6 is 11.3 Å². The molecule has 2 N–H and O–H groups in total. The molecule has 0 bridgehead atoms. The lowest BCUT2D eigenvalue weighted by molar-refractivity contribution is 0.0944. The van der Waals surface area contributed by atoms with E-state index in [9.17, 15) is 10.1 Å². The molecular weight excluding hydrogens is 270 g/mol. The van der Waals surface area contributed by atoms with Crippen LogP contribution in [-0.2, 0) is 0 Å². The predicted molar refractivity (Wildman–Crippen MR) is 83.2 cm³/mol. The van der Waals surface area contributed by atoms with Crippen molar-refractivity contribution in [2.24, 2.45) is 11.8 Å². The maximum absolute atomic E-state index is 12.2. The highest BCUT2D eigenvalue weighted by Crippen LogP contribution is 2.39. The van der Waals surface area contributed by atoms with E-state index in [0.29, 0.717) is 22.0 Å². The van der Waals surface area contributed by atoms with Gasteiger partial charge in [0.25, 0.3) is 0 Å². The molecule has 4 nitrogen and oxygen atoms in total. The molecule has 108 valence electrons. The van der Waals surface area contributed by atoms with Crippen LogP contribution in [0.15, 0.2) is 0 Å². The van der Waals surface area contributed by atoms with E-state index >= 15 is 0 Å². The number of carbonyl (C=O) groups is 1. The third-order valence-corrected chi connectivity index (χ3v) is 5.22. The van der Waals surface area contributed by atoms with Gasteiger partial charge in [-0.05, 0) is 18.8 Å². The summed E-state index contributed by atoms with van der Waals surface area (Å²) in [7, 11) is 1.98. The number of hydrogen-bond donors (Lipinski definition) is 1. The van der Waals surface area contributed by atoms with E-state index in [1.54, 1.807) is 0 Å². The molecule has 0 radical (unpaired) electrons. The monoisotopic (exact) mass is 291 g/mol. The summed E-state index contributed by atoms with van der Waals surface area (Å²) >= 11 is 1.36. The molecule has 0 saturated heterocycles. The number of nitrogens with two attached hydrogens (primary N) is 1. The summed E-state index contributed by atoms with van der Waals surface area (Å²) in [5, 5.41) is 10.2. The van der Waals surface area contributed by atoms with Gasteiger partial charge in [-0.2, -0.15) is 5.26 Å². The Morgan fingerprint density at radius 3 is 2.65 bits per heavy atom. The molecule has 5 heteroatoms. The number of nitrogens with zero attached hydrogens (tertiary/aromatic N) is 2. The lowest BCUT2D eigenvalue weighted by atomic mass is 9.85. The molecule has 1 fully saturated rings. The van der Waals surface area contributed by atoms with E-state index in [-0.39, 0.29) is 11.7 Å². The summed E-state index contributed by atoms with van der Waals surface area (Å²) in [5.41, 5.74) is 6.82. The van der Waals surface area contributed by atoms with Crippen LogP contribution in [0.4, 0.5) is 10.7 Å². The van der Waals surface area contributed by atoms with Gasteiger partial charge in [-0.15, -0.1) is 11.3 Å². The van der Waals surface area contributed by atoms with Gasteiger partial charge in [-0.25, -0.2) is 0 Å². The number of ketones is 1. The third-order valence-electron chi connectivity index (χ3n) is 3.89. The van der Waals surface area contributed by atoms with Crippen LogP contribution in [0.5, 0.6) is 0 Å². The number of nitriles is 1. The van der Waals surface area contributed by atoms with Crippen LogP contribution in [0.2, 0.25) is 0 Å². The first-order valence-electron chi connectivity index (χ1n) is 7.03. The molecule has 1 saturated carbocycles. The van der Waals surface area contributed by atoms with Crippen LogP contribution in [-0.4, -0.2) is 19.4 Å². The second-order valence-corrected chi connectivity index (χ2v) is 6.83. The van der Waals surface area contributed by atoms with Crippen LogP contribution in [0.1, 0.15) is 48.3 Å². The fourth-order valence-electron chi connectivity index (χ4n) is 2.40. The summed E-state index contributed by atoms with van der Waals surface area (Å²) < 4.78 is 0. The maximum atomic E-state index is 12.2. The Morgan fingerprint density at radius 1 is 1.55 bits per heavy atom. The van der Waals surface area contributed by atoms with E-state index < -0.39 is 0 Å². The molecule has 0 spiro atoms. The Balaban J connectivity index is 2.30. The lowest BCUT2D eigenvalue weighted by Gasteiger charge is -2.30. The zero-order valence-electron chi connectivity index (χ0n) is 12.3. The van der Waals surface area contributed by atoms with Crippen molar-refractivity contribution in [1.29, 1.82) is 5.26 Å². The summed E-state index contributed by atoms with van der Waals surface area (Å²) in [5.74, 6) is 0.624. The number of thiophene rings is 1. The summed E-state index contributed by atoms with van der Waals surface area (Å²) in [6.45, 7) is 4.64. The minimum absolute atomic E-state index is 0.0206. The topological polar surface area (TPSA) is 70.1 Å². The van der Waals surface area contributed by atoms with E-state index in [1.807, 2.05) is 20.9 Å². The number of carbonyl (C=O) groups excluding carboxylic acids is 1. The second kappa shape index (κ2) is 5.84. The molecule has 2 rings (SSSR count). The van der Waals surface area contributed by atoms with Crippen LogP contribution < -0.4 is 10.6 Å². The molecule has 0 atom stereocenters. The van der Waals surface area contributed by atoms with Gasteiger partial charge < -0.3 is 10.6 Å². The minimum Gasteiger partial charge on any atom is -0.396 e. The van der Waals surface area contributed by atoms with Gasteiger partial charge in [0, 0.05) is 19.5 Å². The molecule has 1 aromatic rings. The van der Waals surface area contributed by atoms with Crippen molar-refractivity contribution in [2.45, 2.75) is 33.1 Å². The van der Waals surface area contributed by atoms with Crippen molar-refractivity contribution in [3.63, 3.8) is 0 Å². The fourth-order valence-corrected chi connectivity index (χ4v) is 3.63. The lowest BCUT2D eigenvalue weighted by Crippen LogP contribution is -2.29. The standard InChI is InChI=1S/C15H21N3OS/c1-9(2)13(19)14-12(17)11(7-16)15(20-14)18(3)8-10-5-4-6-10/h9-10H,4-6,8,17H2,1-3H3. The smallest absolute Gasteiger partial charge is 0.177 e. The normalized spacial score (nSPS) is 14.9. The van der Waals surface area contributed by atoms with Crippen molar-refractivity contribution < 1.29 is 4.79 Å². The first kappa shape index (κ1) is 14.9. The molecule has 0 aromatic carbocycles. The zero-order valence-corrected chi connectivity index (χ0v) is 13.1. The molecule has 0 unspecified atom stereocenters. The highest BCUT2D eigenvalue weighted by atomic mass is 32.1. The Bertz CT molecular complexity index is 552. The van der Waals surface area contributed by atoms with Crippen molar-refractivity contribution in [2.75, 3.05) is 24.2 Å². The molecule has 1 aromatic heterocycles. The second-order valence-electron chi connectivity index (χ2n) is 5.83. The zero-order chi connectivity index (χ0) is 14.9. The number of hydrogen-bond acceptors (Lipinski definition) is 5. The first-order valence-corrected chi connectivity index (χ1v) is 7.85. The number of anilines is 2. The Hall–Kier alpha value is -1.54. The van der Waals surface area contributed by atoms with E-state index in [1.165, 1.54) is 30.6 Å². The molecule has 20 heavy (non-hydrogen) atoms. The Morgan fingerprint density at radius 2 is 2.20 bits per heavy atom. The van der Waals surface area contributed by atoms with E-state index in [4.69, 9.17) is 5.73 Å². The number of Topliss-reactive ketones (excluding diaryl/α,β-unsaturated/α-hetero) is 1. The average molecular weight is 291 g/mol. The van der Waals surface area contributed by atoms with Crippen molar-refractivity contribution in [3.05, 3.63) is 10.4 Å². The third kappa shape index (κ3) is 2.66. The van der Waals surface area contributed by atoms with Gasteiger partial charge in [0.2, 0.25) is 0 Å². The molecule has 0 aliphatic heterocycles. The average Bonchev–Trinajstić information content (AvgIpc) is 2.69. The van der Waals surface area contributed by atoms with E-state index in [2.05, 4.69) is 11.0 Å². The minimum atomic E-state index is -0.104. The predicted octanol–water partition coefficient (Wildman–Crippen LogP) is 3.28. The van der Waals surface area contributed by atoms with Gasteiger partial charge in [0.1, 0.15) is 16.6 Å². The summed E-state index contributed by atoms with van der Waals surface area (Å²) in [6.07, 6.45) is 3.81. The summed E-state index contributed by atoms with van der Waals surface area (Å²) in [6, 6.07) is 2.16. The van der Waals surface area contributed by atoms with Crippen LogP contribution in [0.3, 0.4) is 0 Å².